The van der Waals surface area contributed by atoms with E-state index in [4.69, 9.17) is 4.74 Å². The summed E-state index contributed by atoms with van der Waals surface area (Å²) in [6, 6.07) is 8.81. The van der Waals surface area contributed by atoms with Crippen LogP contribution in [0.3, 0.4) is 0 Å². The summed E-state index contributed by atoms with van der Waals surface area (Å²) in [6.45, 7) is 6.28. The average molecular weight is 516 g/mol. The maximum absolute atomic E-state index is 13.4. The zero-order valence-corrected chi connectivity index (χ0v) is 21.5. The van der Waals surface area contributed by atoms with Crippen LogP contribution in [-0.2, 0) is 4.79 Å². The number of ether oxygens (including phenoxy) is 1. The zero-order valence-electron chi connectivity index (χ0n) is 21.5. The van der Waals surface area contributed by atoms with Gasteiger partial charge in [-0.1, -0.05) is 0 Å². The number of nitrogens with zero attached hydrogens (tertiary/aromatic N) is 6. The molecule has 38 heavy (non-hydrogen) atoms. The first-order chi connectivity index (χ1) is 18.4. The standard InChI is InChI=1S/C27H29N7O4/c1-4-32(3)24-17(2)12-18(13-22(24)38-16-35)25(36)20-14-23(30-15-29-20)33-10-7-19(8-11-33)34-21-6-5-9-28-26(21)31-27(34)37/h5-6,9,12-16,19H,4,7-8,10-11H2,1-3H3,(H,28,31,37). The van der Waals surface area contributed by atoms with E-state index < -0.39 is 0 Å². The van der Waals surface area contributed by atoms with Crippen molar-refractivity contribution in [2.24, 2.45) is 0 Å². The van der Waals surface area contributed by atoms with E-state index in [0.29, 0.717) is 48.9 Å². The van der Waals surface area contributed by atoms with E-state index in [1.54, 1.807) is 29.0 Å². The SMILES string of the molecule is CCN(C)c1c(C)cc(C(=O)c2cc(N3CCC(n4c(=O)[nH]c5ncccc54)CC3)ncn2)cc1OC=O. The molecule has 0 radical (unpaired) electrons. The Morgan fingerprint density at radius 3 is 2.74 bits per heavy atom. The van der Waals surface area contributed by atoms with Gasteiger partial charge in [-0.15, -0.1) is 0 Å². The van der Waals surface area contributed by atoms with E-state index >= 15 is 0 Å². The lowest BCUT2D eigenvalue weighted by Gasteiger charge is -2.33. The molecule has 196 valence electrons. The number of anilines is 2. The number of hydrogen-bond acceptors (Lipinski definition) is 9. The normalized spacial score (nSPS) is 14.0. The van der Waals surface area contributed by atoms with Crippen molar-refractivity contribution in [2.75, 3.05) is 36.5 Å². The number of fused-ring (bicyclic) bond motifs is 1. The number of carbonyl (C=O) groups excluding carboxylic acids is 2. The van der Waals surface area contributed by atoms with Crippen LogP contribution in [0.1, 0.15) is 47.4 Å². The molecule has 11 heteroatoms. The summed E-state index contributed by atoms with van der Waals surface area (Å²) in [5.41, 5.74) is 3.44. The smallest absolute Gasteiger partial charge is 0.327 e. The van der Waals surface area contributed by atoms with Gasteiger partial charge in [0, 0.05) is 50.6 Å². The summed E-state index contributed by atoms with van der Waals surface area (Å²) in [4.78, 5) is 56.9. The van der Waals surface area contributed by atoms with Gasteiger partial charge in [0.05, 0.1) is 11.2 Å². The predicted octanol–water partition coefficient (Wildman–Crippen LogP) is 2.89. The Bertz CT molecular complexity index is 1550. The molecular formula is C27H29N7O4. The highest BCUT2D eigenvalue weighted by molar-refractivity contribution is 6.08. The fourth-order valence-corrected chi connectivity index (χ4v) is 5.13. The second-order valence-corrected chi connectivity index (χ2v) is 9.35. The van der Waals surface area contributed by atoms with E-state index in [0.717, 1.165) is 29.6 Å². The van der Waals surface area contributed by atoms with Crippen molar-refractivity contribution < 1.29 is 14.3 Å². The first-order valence-corrected chi connectivity index (χ1v) is 12.5. The summed E-state index contributed by atoms with van der Waals surface area (Å²) >= 11 is 0. The largest absolute Gasteiger partial charge is 0.426 e. The van der Waals surface area contributed by atoms with Crippen molar-refractivity contribution in [3.8, 4) is 5.75 Å². The number of imidazole rings is 1. The molecule has 4 heterocycles. The van der Waals surface area contributed by atoms with Gasteiger partial charge in [0.2, 0.25) is 5.78 Å². The molecule has 1 N–H and O–H groups in total. The third kappa shape index (κ3) is 4.62. The molecule has 1 aliphatic heterocycles. The first kappa shape index (κ1) is 25.1. The molecule has 5 rings (SSSR count). The number of benzene rings is 1. The van der Waals surface area contributed by atoms with Gasteiger partial charge in [0.1, 0.15) is 17.8 Å². The summed E-state index contributed by atoms with van der Waals surface area (Å²) in [6.07, 6.45) is 4.54. The Morgan fingerprint density at radius 1 is 1.21 bits per heavy atom. The lowest BCUT2D eigenvalue weighted by atomic mass is 10.0. The number of hydrogen-bond donors (Lipinski definition) is 1. The molecule has 0 aliphatic carbocycles. The summed E-state index contributed by atoms with van der Waals surface area (Å²) < 4.78 is 7.00. The fourth-order valence-electron chi connectivity index (χ4n) is 5.13. The Kier molecular flexibility index (Phi) is 6.91. The number of nitrogens with one attached hydrogen (secondary N) is 1. The fraction of sp³-hybridized carbons (Fsp3) is 0.333. The van der Waals surface area contributed by atoms with Gasteiger partial charge in [0.25, 0.3) is 6.47 Å². The molecule has 0 spiro atoms. The molecule has 0 amide bonds. The minimum atomic E-state index is -0.286. The molecule has 1 aromatic carbocycles. The van der Waals surface area contributed by atoms with Gasteiger partial charge in [-0.2, -0.15) is 0 Å². The van der Waals surface area contributed by atoms with Crippen molar-refractivity contribution in [1.29, 1.82) is 0 Å². The number of aromatic nitrogens is 5. The Hall–Kier alpha value is -4.54. The van der Waals surface area contributed by atoms with Gasteiger partial charge in [-0.3, -0.25) is 19.1 Å². The third-order valence-electron chi connectivity index (χ3n) is 7.09. The number of aromatic amines is 1. The van der Waals surface area contributed by atoms with Crippen molar-refractivity contribution >= 4 is 34.9 Å². The van der Waals surface area contributed by atoms with Gasteiger partial charge >= 0.3 is 5.69 Å². The number of aryl methyl sites for hydroxylation is 1. The van der Waals surface area contributed by atoms with Crippen molar-refractivity contribution in [3.63, 3.8) is 0 Å². The van der Waals surface area contributed by atoms with Crippen molar-refractivity contribution in [2.45, 2.75) is 32.7 Å². The highest BCUT2D eigenvalue weighted by Gasteiger charge is 2.26. The van der Waals surface area contributed by atoms with Crippen LogP contribution in [-0.4, -0.2) is 63.4 Å². The highest BCUT2D eigenvalue weighted by atomic mass is 16.5. The summed E-state index contributed by atoms with van der Waals surface area (Å²) in [7, 11) is 1.90. The number of ketones is 1. The predicted molar refractivity (Wildman–Crippen MR) is 143 cm³/mol. The van der Waals surface area contributed by atoms with Crippen LogP contribution < -0.4 is 20.2 Å². The van der Waals surface area contributed by atoms with Crippen molar-refractivity contribution in [3.05, 3.63) is 70.2 Å². The van der Waals surface area contributed by atoms with Crippen LogP contribution >= 0.6 is 0 Å². The quantitative estimate of drug-likeness (QED) is 0.278. The topological polar surface area (TPSA) is 126 Å². The van der Waals surface area contributed by atoms with Crippen LogP contribution in [0.4, 0.5) is 11.5 Å². The zero-order chi connectivity index (χ0) is 26.8. The van der Waals surface area contributed by atoms with Gasteiger partial charge in [-0.25, -0.2) is 19.7 Å². The Labute approximate surface area is 219 Å². The molecule has 3 aromatic heterocycles. The van der Waals surface area contributed by atoms with Crippen LogP contribution in [0, 0.1) is 6.92 Å². The number of piperidine rings is 1. The maximum atomic E-state index is 13.4. The van der Waals surface area contributed by atoms with Gasteiger partial charge in [-0.05, 0) is 56.5 Å². The van der Waals surface area contributed by atoms with E-state index in [1.807, 2.05) is 37.9 Å². The number of pyridine rings is 1. The number of rotatable bonds is 8. The molecule has 0 atom stereocenters. The number of H-pyrrole nitrogens is 1. The molecule has 11 nitrogen and oxygen atoms in total. The van der Waals surface area contributed by atoms with Crippen LogP contribution in [0.15, 0.2) is 47.7 Å². The van der Waals surface area contributed by atoms with Crippen LogP contribution in [0.2, 0.25) is 0 Å². The second-order valence-electron chi connectivity index (χ2n) is 9.35. The molecule has 1 aliphatic rings. The van der Waals surface area contributed by atoms with Gasteiger partial charge < -0.3 is 14.5 Å². The minimum Gasteiger partial charge on any atom is -0.426 e. The summed E-state index contributed by atoms with van der Waals surface area (Å²) in [5.74, 6) is 0.691. The molecule has 1 saturated heterocycles. The van der Waals surface area contributed by atoms with Crippen molar-refractivity contribution in [1.82, 2.24) is 24.5 Å². The van der Waals surface area contributed by atoms with E-state index in [1.165, 1.54) is 6.33 Å². The molecular weight excluding hydrogens is 486 g/mol. The molecule has 4 aromatic rings. The van der Waals surface area contributed by atoms with E-state index in [2.05, 4.69) is 24.8 Å². The Balaban J connectivity index is 1.36. The van der Waals surface area contributed by atoms with Crippen LogP contribution in [0.5, 0.6) is 5.75 Å². The van der Waals surface area contributed by atoms with E-state index in [-0.39, 0.29) is 23.2 Å². The van der Waals surface area contributed by atoms with Gasteiger partial charge in [0.15, 0.2) is 11.4 Å². The summed E-state index contributed by atoms with van der Waals surface area (Å²) in [5, 5.41) is 0. The lowest BCUT2D eigenvalue weighted by molar-refractivity contribution is -0.120. The molecule has 0 saturated carbocycles. The minimum absolute atomic E-state index is 0.0404. The second kappa shape index (κ2) is 10.4. The lowest BCUT2D eigenvalue weighted by Crippen LogP contribution is -2.37. The number of carbonyl (C=O) groups is 2. The average Bonchev–Trinajstić information content (AvgIpc) is 3.28. The first-order valence-electron chi connectivity index (χ1n) is 12.5. The molecule has 0 unspecified atom stereocenters. The monoisotopic (exact) mass is 515 g/mol. The third-order valence-corrected chi connectivity index (χ3v) is 7.09. The molecule has 1 fully saturated rings. The maximum Gasteiger partial charge on any atom is 0.327 e. The Morgan fingerprint density at radius 2 is 2.00 bits per heavy atom. The highest BCUT2D eigenvalue weighted by Crippen LogP contribution is 2.34. The van der Waals surface area contributed by atoms with Crippen LogP contribution in [0.25, 0.3) is 11.2 Å². The molecule has 0 bridgehead atoms. The van der Waals surface area contributed by atoms with E-state index in [9.17, 15) is 14.4 Å².